The molecule has 0 aliphatic rings. The van der Waals surface area contributed by atoms with E-state index in [4.69, 9.17) is 17.3 Å². The fourth-order valence-corrected chi connectivity index (χ4v) is 3.35. The zero-order valence-corrected chi connectivity index (χ0v) is 21.9. The second-order valence-corrected chi connectivity index (χ2v) is 8.71. The molecule has 0 radical (unpaired) electrons. The monoisotopic (exact) mass is 583 g/mol. The van der Waals surface area contributed by atoms with E-state index in [9.17, 15) is 32.3 Å². The molecule has 15 heteroatoms. The van der Waals surface area contributed by atoms with Crippen molar-refractivity contribution in [3.63, 3.8) is 0 Å². The number of aliphatic hydroxyl groups is 1. The third-order valence-electron chi connectivity index (χ3n) is 5.40. The molecule has 2 aromatic carbocycles. The Labute approximate surface area is 234 Å². The molecule has 2 amide bonds. The van der Waals surface area contributed by atoms with E-state index in [1.54, 1.807) is 30.3 Å². The van der Waals surface area contributed by atoms with Crippen molar-refractivity contribution >= 4 is 11.8 Å². The van der Waals surface area contributed by atoms with E-state index in [-0.39, 0.29) is 44.1 Å². The highest BCUT2D eigenvalue weighted by molar-refractivity contribution is 5.92. The summed E-state index contributed by atoms with van der Waals surface area (Å²) in [7, 11) is 0. The Morgan fingerprint density at radius 1 is 1.05 bits per heavy atom. The summed E-state index contributed by atoms with van der Waals surface area (Å²) in [5.74, 6) is 3.93. The predicted molar refractivity (Wildman–Crippen MR) is 142 cm³/mol. The topological polar surface area (TPSA) is 181 Å². The average Bonchev–Trinajstić information content (AvgIpc) is 2.93. The van der Waals surface area contributed by atoms with Crippen LogP contribution >= 0.6 is 0 Å². The Morgan fingerprint density at radius 2 is 1.76 bits per heavy atom. The average molecular weight is 584 g/mol. The first-order valence-electron chi connectivity index (χ1n) is 12.3. The summed E-state index contributed by atoms with van der Waals surface area (Å²) in [5, 5.41) is 18.2. The van der Waals surface area contributed by atoms with Crippen LogP contribution in [0.25, 0.3) is 0 Å². The number of nitrogens with two attached hydrogens (primary N) is 3. The first-order chi connectivity index (χ1) is 19.4. The van der Waals surface area contributed by atoms with Crippen molar-refractivity contribution in [2.45, 2.75) is 31.5 Å². The van der Waals surface area contributed by atoms with Crippen LogP contribution in [0.4, 0.5) is 17.6 Å². The minimum absolute atomic E-state index is 0.0252. The van der Waals surface area contributed by atoms with Gasteiger partial charge in [0.05, 0.1) is 12.6 Å². The minimum Gasteiger partial charge on any atom is -0.406 e. The molecule has 0 aliphatic carbocycles. The number of hydrazine groups is 1. The van der Waals surface area contributed by atoms with Gasteiger partial charge in [-0.15, -0.1) is 13.2 Å². The number of nitrogens with zero attached hydrogens (tertiary/aromatic N) is 1. The number of amides is 2. The summed E-state index contributed by atoms with van der Waals surface area (Å²) < 4.78 is 55.2. The lowest BCUT2D eigenvalue weighted by Crippen LogP contribution is -2.36. The van der Waals surface area contributed by atoms with Gasteiger partial charge in [0.15, 0.2) is 0 Å². The molecule has 0 saturated carbocycles. The molecule has 0 aromatic heterocycles. The Hall–Kier alpha value is -4.50. The number of aliphatic hydroxyl groups excluding tert-OH is 1. The van der Waals surface area contributed by atoms with Gasteiger partial charge in [-0.2, -0.15) is 0 Å². The molecule has 2 atom stereocenters. The Kier molecular flexibility index (Phi) is 12.7. The van der Waals surface area contributed by atoms with Crippen molar-refractivity contribution in [1.29, 1.82) is 0 Å². The number of hydrogen-bond donors (Lipinski definition) is 7. The number of hydrogen-bond acceptors (Lipinski definition) is 9. The maximum absolute atomic E-state index is 14.3. The number of ether oxygens (including phenoxy) is 1. The molecular weight excluding hydrogens is 550 g/mol. The van der Waals surface area contributed by atoms with Gasteiger partial charge in [-0.05, 0) is 29.7 Å². The molecule has 10 N–H and O–H groups in total. The van der Waals surface area contributed by atoms with Crippen molar-refractivity contribution in [3.8, 4) is 5.75 Å². The highest BCUT2D eigenvalue weighted by Crippen LogP contribution is 2.23. The Bertz CT molecular complexity index is 1200. The van der Waals surface area contributed by atoms with E-state index >= 15 is 0 Å². The van der Waals surface area contributed by atoms with Gasteiger partial charge in [-0.25, -0.2) is 10.2 Å². The second-order valence-electron chi connectivity index (χ2n) is 8.71. The number of alkyl halides is 4. The molecule has 2 rings (SSSR count). The summed E-state index contributed by atoms with van der Waals surface area (Å²) >= 11 is 0. The zero-order chi connectivity index (χ0) is 30.4. The molecule has 41 heavy (non-hydrogen) atoms. The maximum atomic E-state index is 14.3. The summed E-state index contributed by atoms with van der Waals surface area (Å²) in [6, 6.07) is 13.2. The van der Waals surface area contributed by atoms with Gasteiger partial charge >= 0.3 is 6.36 Å². The van der Waals surface area contributed by atoms with Crippen LogP contribution in [-0.4, -0.2) is 54.2 Å². The van der Waals surface area contributed by atoms with Crippen LogP contribution in [0.15, 0.2) is 78.4 Å². The quantitative estimate of drug-likeness (QED) is 0.0700. The molecule has 11 nitrogen and oxygen atoms in total. The van der Waals surface area contributed by atoms with Gasteiger partial charge in [0.25, 0.3) is 11.8 Å². The van der Waals surface area contributed by atoms with E-state index in [2.05, 4.69) is 20.7 Å². The first kappa shape index (κ1) is 32.7. The van der Waals surface area contributed by atoms with Gasteiger partial charge in [-0.1, -0.05) is 42.5 Å². The van der Waals surface area contributed by atoms with Gasteiger partial charge in [0.2, 0.25) is 0 Å². The lowest BCUT2D eigenvalue weighted by Gasteiger charge is -2.17. The number of carbonyl (C=O) groups is 2. The molecule has 0 bridgehead atoms. The number of carbonyl (C=O) groups excluding carboxylic acids is 2. The zero-order valence-electron chi connectivity index (χ0n) is 21.9. The first-order valence-corrected chi connectivity index (χ1v) is 12.3. The van der Waals surface area contributed by atoms with Crippen molar-refractivity contribution in [3.05, 3.63) is 89.5 Å². The van der Waals surface area contributed by atoms with E-state index in [1.165, 1.54) is 12.1 Å². The van der Waals surface area contributed by atoms with Gasteiger partial charge in [-0.3, -0.25) is 9.59 Å². The van der Waals surface area contributed by atoms with Crippen LogP contribution < -0.4 is 38.0 Å². The van der Waals surface area contributed by atoms with Gasteiger partial charge in [0.1, 0.15) is 23.3 Å². The number of rotatable bonds is 15. The molecule has 2 unspecified atom stereocenters. The lowest BCUT2D eigenvalue weighted by molar-refractivity contribution is -0.274. The summed E-state index contributed by atoms with van der Waals surface area (Å²) in [4.78, 5) is 24.4. The fraction of sp³-hybridized carbons (Fsp3) is 0.308. The van der Waals surface area contributed by atoms with Crippen LogP contribution in [0.2, 0.25) is 0 Å². The molecule has 0 saturated heterocycles. The van der Waals surface area contributed by atoms with Crippen LogP contribution in [0.1, 0.15) is 23.6 Å². The number of benzene rings is 2. The largest absolute Gasteiger partial charge is 0.573 e. The normalized spacial score (nSPS) is 13.6. The highest BCUT2D eigenvalue weighted by Gasteiger charge is 2.31. The molecular formula is C26H33F4N7O4. The van der Waals surface area contributed by atoms with Crippen LogP contribution in [0, 0.1) is 0 Å². The van der Waals surface area contributed by atoms with E-state index in [1.807, 2.05) is 0 Å². The van der Waals surface area contributed by atoms with Crippen molar-refractivity contribution in [1.82, 2.24) is 21.0 Å². The van der Waals surface area contributed by atoms with E-state index in [0.29, 0.717) is 11.1 Å². The van der Waals surface area contributed by atoms with E-state index < -0.39 is 36.1 Å². The summed E-state index contributed by atoms with van der Waals surface area (Å²) in [5.41, 5.74) is 11.9. The Morgan fingerprint density at radius 3 is 2.41 bits per heavy atom. The van der Waals surface area contributed by atoms with E-state index in [0.717, 1.165) is 29.5 Å². The fourth-order valence-electron chi connectivity index (χ4n) is 3.35. The summed E-state index contributed by atoms with van der Waals surface area (Å²) in [6.45, 7) is -0.690. The minimum atomic E-state index is -4.84. The lowest BCUT2D eigenvalue weighted by atomic mass is 10.1. The van der Waals surface area contributed by atoms with Crippen LogP contribution in [0.3, 0.4) is 0 Å². The summed E-state index contributed by atoms with van der Waals surface area (Å²) in [6.07, 6.45) is -4.08. The SMILES string of the molecule is N/C(=C\N(N)CCC(F)CN/C=C(\N)C(=O)NC(CO)c1ccccc1)C(=O)NCc1cccc(OC(F)(F)F)c1. The molecule has 2 aromatic rings. The molecule has 0 spiro atoms. The highest BCUT2D eigenvalue weighted by atomic mass is 19.4. The van der Waals surface area contributed by atoms with Crippen LogP contribution in [0.5, 0.6) is 5.75 Å². The smallest absolute Gasteiger partial charge is 0.406 e. The Balaban J connectivity index is 1.74. The molecule has 0 aliphatic heterocycles. The van der Waals surface area contributed by atoms with Crippen molar-refractivity contribution < 1.29 is 37.0 Å². The van der Waals surface area contributed by atoms with Gasteiger partial charge in [0, 0.05) is 32.0 Å². The second kappa shape index (κ2) is 15.9. The number of nitrogens with one attached hydrogen (secondary N) is 3. The van der Waals surface area contributed by atoms with Crippen molar-refractivity contribution in [2.24, 2.45) is 17.3 Å². The van der Waals surface area contributed by atoms with Gasteiger partial charge < -0.3 is 42.3 Å². The standard InChI is InChI=1S/C26H33F4N7O4/c27-19(13-34-14-21(31)25(40)36-23(16-38)18-6-2-1-3-7-18)9-10-37(33)15-22(32)24(39)35-12-17-5-4-8-20(11-17)41-26(28,29)30/h1-8,11,14-15,19,23,34,38H,9-10,12-13,16,31-33H2,(H,35,39)(H,36,40)/b21-14-,22-15-. The predicted octanol–water partition coefficient (Wildman–Crippen LogP) is 1.14. The maximum Gasteiger partial charge on any atom is 0.573 e. The molecule has 0 heterocycles. The molecule has 0 fully saturated rings. The van der Waals surface area contributed by atoms with Crippen molar-refractivity contribution in [2.75, 3.05) is 19.7 Å². The third-order valence-corrected chi connectivity index (χ3v) is 5.40. The third kappa shape index (κ3) is 12.5. The number of halogens is 4. The van der Waals surface area contributed by atoms with Crippen LogP contribution in [-0.2, 0) is 16.1 Å². The molecule has 224 valence electrons.